The molecule has 3 heterocycles. The first-order valence-corrected chi connectivity index (χ1v) is 16.0. The van der Waals surface area contributed by atoms with E-state index in [0.717, 1.165) is 49.9 Å². The van der Waals surface area contributed by atoms with E-state index in [9.17, 15) is 9.59 Å². The van der Waals surface area contributed by atoms with Crippen molar-refractivity contribution in [3.63, 3.8) is 0 Å². The van der Waals surface area contributed by atoms with Crippen LogP contribution in [0.15, 0.2) is 103 Å². The van der Waals surface area contributed by atoms with Crippen LogP contribution in [0.1, 0.15) is 37.8 Å². The van der Waals surface area contributed by atoms with Crippen molar-refractivity contribution in [1.29, 1.82) is 0 Å². The highest BCUT2D eigenvalue weighted by Gasteiger charge is 2.34. The topological polar surface area (TPSA) is 79.3 Å². The molecule has 0 saturated heterocycles. The number of benzene rings is 3. The Balaban J connectivity index is 1.35. The Labute approximate surface area is 267 Å². The number of hydrogen-bond acceptors (Lipinski definition) is 6. The van der Waals surface area contributed by atoms with Gasteiger partial charge in [-0.05, 0) is 60.7 Å². The summed E-state index contributed by atoms with van der Waals surface area (Å²) in [7, 11) is 0. The number of carbonyl (C=O) groups is 2. The number of aromatic nitrogens is 3. The molecular weight excluding hydrogens is 579 g/mol. The van der Waals surface area contributed by atoms with Gasteiger partial charge in [0, 0.05) is 43.9 Å². The SMILES string of the molecule is Cc1nc(C)c(C=CC(=O)N(Cc2ccc(-c3cccnn3)cc2)[C@@H](Cc2ccccc2)C(=O)N2CCc3ccccc3C2)s1. The second-order valence-corrected chi connectivity index (χ2v) is 12.5. The predicted octanol–water partition coefficient (Wildman–Crippen LogP) is 6.46. The summed E-state index contributed by atoms with van der Waals surface area (Å²) in [6.45, 7) is 5.33. The molecule has 7 nitrogen and oxygen atoms in total. The number of hydrogen-bond donors (Lipinski definition) is 0. The van der Waals surface area contributed by atoms with Gasteiger partial charge in [0.05, 0.1) is 21.3 Å². The van der Waals surface area contributed by atoms with E-state index in [1.54, 1.807) is 28.5 Å². The van der Waals surface area contributed by atoms with Gasteiger partial charge in [0.15, 0.2) is 0 Å². The van der Waals surface area contributed by atoms with Crippen LogP contribution in [0, 0.1) is 13.8 Å². The van der Waals surface area contributed by atoms with Crippen molar-refractivity contribution in [2.75, 3.05) is 6.54 Å². The molecule has 0 radical (unpaired) electrons. The van der Waals surface area contributed by atoms with Crippen LogP contribution in [0.3, 0.4) is 0 Å². The Kier molecular flexibility index (Phi) is 9.22. The molecule has 0 bridgehead atoms. The van der Waals surface area contributed by atoms with Crippen LogP contribution < -0.4 is 0 Å². The molecule has 6 rings (SSSR count). The maximum atomic E-state index is 14.5. The highest BCUT2D eigenvalue weighted by atomic mass is 32.1. The smallest absolute Gasteiger partial charge is 0.247 e. The molecule has 0 saturated carbocycles. The summed E-state index contributed by atoms with van der Waals surface area (Å²) in [6, 6.07) is 29.2. The van der Waals surface area contributed by atoms with E-state index in [1.807, 2.05) is 104 Å². The molecule has 0 unspecified atom stereocenters. The van der Waals surface area contributed by atoms with E-state index in [-0.39, 0.29) is 18.4 Å². The lowest BCUT2D eigenvalue weighted by Crippen LogP contribution is -2.52. The van der Waals surface area contributed by atoms with Crippen molar-refractivity contribution < 1.29 is 9.59 Å². The number of fused-ring (bicyclic) bond motifs is 1. The third kappa shape index (κ3) is 7.24. The molecule has 0 aliphatic carbocycles. The van der Waals surface area contributed by atoms with Crippen molar-refractivity contribution in [3.05, 3.63) is 141 Å². The first-order valence-electron chi connectivity index (χ1n) is 15.1. The third-order valence-electron chi connectivity index (χ3n) is 8.15. The second-order valence-electron chi connectivity index (χ2n) is 11.3. The number of nitrogens with zero attached hydrogens (tertiary/aromatic N) is 5. The van der Waals surface area contributed by atoms with Crippen molar-refractivity contribution in [2.45, 2.75) is 45.8 Å². The second kappa shape index (κ2) is 13.8. The Morgan fingerprint density at radius 3 is 2.38 bits per heavy atom. The molecule has 5 aromatic rings. The number of amides is 2. The van der Waals surface area contributed by atoms with E-state index in [4.69, 9.17) is 0 Å². The first-order chi connectivity index (χ1) is 21.9. The summed E-state index contributed by atoms with van der Waals surface area (Å²) < 4.78 is 0. The van der Waals surface area contributed by atoms with Crippen LogP contribution in [0.2, 0.25) is 0 Å². The van der Waals surface area contributed by atoms with Gasteiger partial charge in [-0.3, -0.25) is 9.59 Å². The van der Waals surface area contributed by atoms with Gasteiger partial charge in [0.2, 0.25) is 11.8 Å². The Morgan fingerprint density at radius 1 is 0.911 bits per heavy atom. The van der Waals surface area contributed by atoms with Crippen molar-refractivity contribution in [1.82, 2.24) is 25.0 Å². The summed E-state index contributed by atoms with van der Waals surface area (Å²) in [5.41, 5.74) is 6.95. The molecule has 1 aliphatic rings. The lowest BCUT2D eigenvalue weighted by molar-refractivity contribution is -0.144. The minimum atomic E-state index is -0.696. The molecule has 226 valence electrons. The molecule has 0 fully saturated rings. The Morgan fingerprint density at radius 2 is 1.67 bits per heavy atom. The molecule has 0 spiro atoms. The van der Waals surface area contributed by atoms with Gasteiger partial charge in [-0.1, -0.05) is 78.9 Å². The lowest BCUT2D eigenvalue weighted by atomic mass is 9.97. The molecular formula is C37H35N5O2S. The van der Waals surface area contributed by atoms with Crippen molar-refractivity contribution in [2.24, 2.45) is 0 Å². The summed E-state index contributed by atoms with van der Waals surface area (Å²) in [5, 5.41) is 9.16. The van der Waals surface area contributed by atoms with Crippen LogP contribution in [0.4, 0.5) is 0 Å². The largest absolute Gasteiger partial charge is 0.336 e. The average Bonchev–Trinajstić information content (AvgIpc) is 3.41. The number of thiazole rings is 1. The number of aryl methyl sites for hydroxylation is 2. The molecule has 1 atom stereocenters. The van der Waals surface area contributed by atoms with Crippen LogP contribution in [-0.4, -0.2) is 49.4 Å². The zero-order valence-electron chi connectivity index (χ0n) is 25.5. The standard InChI is InChI=1S/C37H35N5O2S/c1-26-35(45-27(2)39-26)18-19-36(43)42(24-29-14-16-31(17-15-29)33-13-8-21-38-40-33)34(23-28-9-4-3-5-10-28)37(44)41-22-20-30-11-6-7-12-32(30)25-41/h3-19,21,34H,20,22-25H2,1-2H3/t34-/m0/s1. The van der Waals surface area contributed by atoms with Gasteiger partial charge in [0.1, 0.15) is 6.04 Å². The molecule has 3 aromatic carbocycles. The molecule has 2 aromatic heterocycles. The fourth-order valence-electron chi connectivity index (χ4n) is 5.78. The first kappa shape index (κ1) is 30.1. The third-order valence-corrected chi connectivity index (χ3v) is 9.19. The summed E-state index contributed by atoms with van der Waals surface area (Å²) in [6.07, 6.45) is 6.27. The van der Waals surface area contributed by atoms with Gasteiger partial charge >= 0.3 is 0 Å². The van der Waals surface area contributed by atoms with Crippen LogP contribution in [0.25, 0.3) is 17.3 Å². The predicted molar refractivity (Wildman–Crippen MR) is 178 cm³/mol. The van der Waals surface area contributed by atoms with Gasteiger partial charge in [-0.2, -0.15) is 10.2 Å². The summed E-state index contributed by atoms with van der Waals surface area (Å²) in [5.74, 6) is -0.263. The quantitative estimate of drug-likeness (QED) is 0.179. The zero-order valence-corrected chi connectivity index (χ0v) is 26.3. The highest BCUT2D eigenvalue weighted by Crippen LogP contribution is 2.25. The van der Waals surface area contributed by atoms with Crippen LogP contribution in [-0.2, 0) is 35.5 Å². The highest BCUT2D eigenvalue weighted by molar-refractivity contribution is 7.12. The zero-order chi connectivity index (χ0) is 31.2. The van der Waals surface area contributed by atoms with Crippen molar-refractivity contribution in [3.8, 4) is 11.3 Å². The molecule has 1 aliphatic heterocycles. The molecule has 8 heteroatoms. The monoisotopic (exact) mass is 613 g/mol. The number of rotatable bonds is 9. The van der Waals surface area contributed by atoms with E-state index in [1.165, 1.54) is 5.56 Å². The van der Waals surface area contributed by atoms with E-state index >= 15 is 0 Å². The summed E-state index contributed by atoms with van der Waals surface area (Å²) in [4.78, 5) is 37.8. The maximum absolute atomic E-state index is 14.5. The minimum Gasteiger partial charge on any atom is -0.336 e. The Hall–Kier alpha value is -4.95. The maximum Gasteiger partial charge on any atom is 0.247 e. The molecule has 0 N–H and O–H groups in total. The number of carbonyl (C=O) groups excluding carboxylic acids is 2. The van der Waals surface area contributed by atoms with E-state index in [0.29, 0.717) is 19.5 Å². The van der Waals surface area contributed by atoms with Gasteiger partial charge in [-0.15, -0.1) is 11.3 Å². The fraction of sp³-hybridized carbons (Fsp3) is 0.216. The Bertz CT molecular complexity index is 1800. The van der Waals surface area contributed by atoms with Gasteiger partial charge in [-0.25, -0.2) is 4.98 Å². The molecule has 2 amide bonds. The van der Waals surface area contributed by atoms with E-state index in [2.05, 4.69) is 27.3 Å². The van der Waals surface area contributed by atoms with Gasteiger partial charge < -0.3 is 9.80 Å². The summed E-state index contributed by atoms with van der Waals surface area (Å²) >= 11 is 1.55. The lowest BCUT2D eigenvalue weighted by Gasteiger charge is -2.37. The molecule has 45 heavy (non-hydrogen) atoms. The van der Waals surface area contributed by atoms with Crippen LogP contribution in [0.5, 0.6) is 0 Å². The van der Waals surface area contributed by atoms with Crippen molar-refractivity contribution >= 4 is 29.2 Å². The van der Waals surface area contributed by atoms with Crippen LogP contribution >= 0.6 is 11.3 Å². The average molecular weight is 614 g/mol. The van der Waals surface area contributed by atoms with Gasteiger partial charge in [0.25, 0.3) is 0 Å². The van der Waals surface area contributed by atoms with E-state index < -0.39 is 6.04 Å². The normalized spacial score (nSPS) is 13.4. The minimum absolute atomic E-state index is 0.0453. The fourth-order valence-corrected chi connectivity index (χ4v) is 6.61.